The maximum absolute atomic E-state index is 8.67. The summed E-state index contributed by atoms with van der Waals surface area (Å²) in [5.74, 6) is 0.932. The predicted octanol–water partition coefficient (Wildman–Crippen LogP) is 0.881. The highest BCUT2D eigenvalue weighted by Crippen LogP contribution is 2.22. The summed E-state index contributed by atoms with van der Waals surface area (Å²) in [7, 11) is 0. The highest BCUT2D eigenvalue weighted by molar-refractivity contribution is 5.43. The van der Waals surface area contributed by atoms with Crippen LogP contribution >= 0.6 is 0 Å². The molecule has 15 heavy (non-hydrogen) atoms. The molecule has 1 unspecified atom stereocenters. The summed E-state index contributed by atoms with van der Waals surface area (Å²) in [5, 5.41) is 8.67. The molecular formula is C11H14N4. The van der Waals surface area contributed by atoms with Crippen LogP contribution < -0.4 is 10.6 Å². The maximum atomic E-state index is 8.67. The van der Waals surface area contributed by atoms with Crippen molar-refractivity contribution in [3.8, 4) is 6.07 Å². The number of hydrogen-bond acceptors (Lipinski definition) is 4. The van der Waals surface area contributed by atoms with Crippen LogP contribution in [-0.2, 0) is 0 Å². The fourth-order valence-corrected chi connectivity index (χ4v) is 2.00. The second-order valence-corrected chi connectivity index (χ2v) is 3.74. The zero-order chi connectivity index (χ0) is 10.7. The fourth-order valence-electron chi connectivity index (χ4n) is 2.00. The van der Waals surface area contributed by atoms with Crippen LogP contribution in [-0.4, -0.2) is 24.1 Å². The summed E-state index contributed by atoms with van der Waals surface area (Å²) in [6, 6.07) is 6.17. The fraction of sp³-hybridized carbons (Fsp3) is 0.455. The van der Waals surface area contributed by atoms with E-state index in [9.17, 15) is 0 Å². The first-order valence-corrected chi connectivity index (χ1v) is 5.18. The molecule has 2 heterocycles. The second kappa shape index (κ2) is 4.28. The third-order valence-electron chi connectivity index (χ3n) is 2.82. The molecule has 1 aliphatic rings. The first-order valence-electron chi connectivity index (χ1n) is 5.18. The topological polar surface area (TPSA) is 65.9 Å². The lowest BCUT2D eigenvalue weighted by Crippen LogP contribution is -2.35. The van der Waals surface area contributed by atoms with Gasteiger partial charge in [-0.1, -0.05) is 0 Å². The molecule has 1 saturated heterocycles. The van der Waals surface area contributed by atoms with Crippen LogP contribution in [0.3, 0.4) is 0 Å². The molecule has 1 aromatic rings. The Hall–Kier alpha value is -1.60. The molecule has 4 nitrogen and oxygen atoms in total. The van der Waals surface area contributed by atoms with Gasteiger partial charge in [0, 0.05) is 25.3 Å². The van der Waals surface area contributed by atoms with Crippen LogP contribution in [0.2, 0.25) is 0 Å². The Morgan fingerprint density at radius 3 is 3.07 bits per heavy atom. The normalized spacial score (nSPS) is 20.3. The Morgan fingerprint density at radius 2 is 2.47 bits per heavy atom. The smallest absolute Gasteiger partial charge is 0.128 e. The molecular weight excluding hydrogens is 188 g/mol. The van der Waals surface area contributed by atoms with Crippen molar-refractivity contribution in [2.75, 3.05) is 18.0 Å². The lowest BCUT2D eigenvalue weighted by molar-refractivity contribution is 0.671. The Bertz CT molecular complexity index is 365. The van der Waals surface area contributed by atoms with Crippen molar-refractivity contribution in [1.29, 1.82) is 5.26 Å². The third kappa shape index (κ3) is 1.92. The van der Waals surface area contributed by atoms with Crippen molar-refractivity contribution in [3.63, 3.8) is 0 Å². The van der Waals surface area contributed by atoms with Crippen LogP contribution in [0.15, 0.2) is 18.3 Å². The minimum atomic E-state index is 0.408. The van der Waals surface area contributed by atoms with Crippen molar-refractivity contribution < 1.29 is 0 Å². The van der Waals surface area contributed by atoms with Crippen LogP contribution in [0.1, 0.15) is 18.4 Å². The van der Waals surface area contributed by atoms with E-state index in [0.29, 0.717) is 18.2 Å². The standard InChI is InChI=1S/C11H14N4/c12-6-9-3-4-11(14-8-9)15-5-1-2-10(15)7-13/h3-4,8,10H,1-2,5,7,13H2. The molecule has 0 spiro atoms. The van der Waals surface area contributed by atoms with Gasteiger partial charge in [-0.15, -0.1) is 0 Å². The first-order chi connectivity index (χ1) is 7.35. The van der Waals surface area contributed by atoms with Gasteiger partial charge < -0.3 is 10.6 Å². The van der Waals surface area contributed by atoms with Gasteiger partial charge in [0.15, 0.2) is 0 Å². The van der Waals surface area contributed by atoms with Crippen LogP contribution in [0.25, 0.3) is 0 Å². The highest BCUT2D eigenvalue weighted by atomic mass is 15.2. The zero-order valence-corrected chi connectivity index (χ0v) is 8.56. The molecule has 1 fully saturated rings. The maximum Gasteiger partial charge on any atom is 0.128 e. The van der Waals surface area contributed by atoms with E-state index in [-0.39, 0.29) is 0 Å². The summed E-state index contributed by atoms with van der Waals surface area (Å²) < 4.78 is 0. The van der Waals surface area contributed by atoms with Gasteiger partial charge in [-0.05, 0) is 25.0 Å². The van der Waals surface area contributed by atoms with Gasteiger partial charge >= 0.3 is 0 Å². The van der Waals surface area contributed by atoms with Crippen molar-refractivity contribution in [2.24, 2.45) is 5.73 Å². The molecule has 0 amide bonds. The number of nitrogens with zero attached hydrogens (tertiary/aromatic N) is 3. The van der Waals surface area contributed by atoms with Crippen LogP contribution in [0.5, 0.6) is 0 Å². The summed E-state index contributed by atoms with van der Waals surface area (Å²) in [6.07, 6.45) is 3.92. The number of aromatic nitrogens is 1. The molecule has 0 radical (unpaired) electrons. The van der Waals surface area contributed by atoms with E-state index >= 15 is 0 Å². The van der Waals surface area contributed by atoms with Crippen molar-refractivity contribution in [3.05, 3.63) is 23.9 Å². The van der Waals surface area contributed by atoms with E-state index in [4.69, 9.17) is 11.0 Å². The number of hydrogen-bond donors (Lipinski definition) is 1. The minimum absolute atomic E-state index is 0.408. The summed E-state index contributed by atoms with van der Waals surface area (Å²) in [4.78, 5) is 6.50. The van der Waals surface area contributed by atoms with E-state index in [0.717, 1.165) is 18.8 Å². The van der Waals surface area contributed by atoms with Gasteiger partial charge in [0.1, 0.15) is 11.9 Å². The number of nitriles is 1. The Balaban J connectivity index is 2.19. The van der Waals surface area contributed by atoms with Crippen molar-refractivity contribution in [2.45, 2.75) is 18.9 Å². The molecule has 4 heteroatoms. The average Bonchev–Trinajstić information content (AvgIpc) is 2.77. The van der Waals surface area contributed by atoms with E-state index in [1.165, 1.54) is 6.42 Å². The van der Waals surface area contributed by atoms with Gasteiger partial charge in [-0.3, -0.25) is 0 Å². The lowest BCUT2D eigenvalue weighted by atomic mass is 10.2. The minimum Gasteiger partial charge on any atom is -0.352 e. The van der Waals surface area contributed by atoms with Crippen molar-refractivity contribution in [1.82, 2.24) is 4.98 Å². The van der Waals surface area contributed by atoms with E-state index < -0.39 is 0 Å². The van der Waals surface area contributed by atoms with E-state index in [1.54, 1.807) is 12.3 Å². The second-order valence-electron chi connectivity index (χ2n) is 3.74. The predicted molar refractivity (Wildman–Crippen MR) is 58.4 cm³/mol. The lowest BCUT2D eigenvalue weighted by Gasteiger charge is -2.24. The molecule has 1 aliphatic heterocycles. The first kappa shape index (κ1) is 9.94. The van der Waals surface area contributed by atoms with Crippen LogP contribution in [0.4, 0.5) is 5.82 Å². The van der Waals surface area contributed by atoms with E-state index in [1.807, 2.05) is 6.07 Å². The summed E-state index contributed by atoms with van der Waals surface area (Å²) in [6.45, 7) is 1.68. The molecule has 1 atom stereocenters. The molecule has 1 aromatic heterocycles. The molecule has 78 valence electrons. The largest absolute Gasteiger partial charge is 0.352 e. The Morgan fingerprint density at radius 1 is 1.60 bits per heavy atom. The number of pyridine rings is 1. The monoisotopic (exact) mass is 202 g/mol. The molecule has 0 aliphatic carbocycles. The summed E-state index contributed by atoms with van der Waals surface area (Å²) >= 11 is 0. The number of nitrogens with two attached hydrogens (primary N) is 1. The highest BCUT2D eigenvalue weighted by Gasteiger charge is 2.23. The molecule has 2 rings (SSSR count). The zero-order valence-electron chi connectivity index (χ0n) is 8.56. The van der Waals surface area contributed by atoms with Gasteiger partial charge in [0.05, 0.1) is 5.56 Å². The Kier molecular flexibility index (Phi) is 2.84. The van der Waals surface area contributed by atoms with Gasteiger partial charge in [0.25, 0.3) is 0 Å². The van der Waals surface area contributed by atoms with Crippen LogP contribution in [0, 0.1) is 11.3 Å². The van der Waals surface area contributed by atoms with E-state index in [2.05, 4.69) is 16.0 Å². The van der Waals surface area contributed by atoms with Gasteiger partial charge in [-0.25, -0.2) is 4.98 Å². The molecule has 0 saturated carbocycles. The summed E-state index contributed by atoms with van der Waals surface area (Å²) in [5.41, 5.74) is 6.30. The molecule has 0 bridgehead atoms. The van der Waals surface area contributed by atoms with Gasteiger partial charge in [-0.2, -0.15) is 5.26 Å². The van der Waals surface area contributed by atoms with Crippen molar-refractivity contribution >= 4 is 5.82 Å². The average molecular weight is 202 g/mol. The third-order valence-corrected chi connectivity index (χ3v) is 2.82. The van der Waals surface area contributed by atoms with Gasteiger partial charge in [0.2, 0.25) is 0 Å². The quantitative estimate of drug-likeness (QED) is 0.773. The molecule has 0 aromatic carbocycles. The molecule has 2 N–H and O–H groups in total. The number of rotatable bonds is 2. The SMILES string of the molecule is N#Cc1ccc(N2CCCC2CN)nc1. The Labute approximate surface area is 89.3 Å². The number of anilines is 1.